The summed E-state index contributed by atoms with van der Waals surface area (Å²) in [6, 6.07) is 3.62. The first-order chi connectivity index (χ1) is 12.6. The number of likely N-dealkylation sites (tertiary alicyclic amines) is 2. The van der Waals surface area contributed by atoms with Crippen LogP contribution in [0.5, 0.6) is 0 Å². The van der Waals surface area contributed by atoms with E-state index in [1.165, 1.54) is 12.8 Å². The summed E-state index contributed by atoms with van der Waals surface area (Å²) in [5.74, 6) is -0.0308. The highest BCUT2D eigenvalue weighted by atomic mass is 16.6. The molecule has 0 aliphatic carbocycles. The molecule has 0 aromatic carbocycles. The second kappa shape index (κ2) is 6.99. The van der Waals surface area contributed by atoms with Crippen LogP contribution in [0.3, 0.4) is 0 Å². The first-order valence-electron chi connectivity index (χ1n) is 9.72. The summed E-state index contributed by atoms with van der Waals surface area (Å²) in [6.07, 6.45) is 6.42. The molecule has 3 aliphatic rings. The Labute approximate surface area is 154 Å². The second-order valence-electron chi connectivity index (χ2n) is 7.95. The van der Waals surface area contributed by atoms with Gasteiger partial charge in [-0.15, -0.1) is 0 Å². The molecule has 1 aromatic rings. The zero-order chi connectivity index (χ0) is 18.1. The van der Waals surface area contributed by atoms with Gasteiger partial charge in [0.1, 0.15) is 6.10 Å². The Morgan fingerprint density at radius 2 is 2.00 bits per heavy atom. The van der Waals surface area contributed by atoms with Gasteiger partial charge in [0.05, 0.1) is 11.0 Å². The molecular formula is C20H27N3O3. The van der Waals surface area contributed by atoms with Crippen LogP contribution in [0.4, 0.5) is 0 Å². The van der Waals surface area contributed by atoms with E-state index in [9.17, 15) is 9.59 Å². The third-order valence-corrected chi connectivity index (χ3v) is 6.23. The van der Waals surface area contributed by atoms with Crippen LogP contribution in [0.15, 0.2) is 18.3 Å². The van der Waals surface area contributed by atoms with Gasteiger partial charge in [0.2, 0.25) is 0 Å². The molecule has 3 fully saturated rings. The van der Waals surface area contributed by atoms with Crippen molar-refractivity contribution in [2.24, 2.45) is 5.41 Å². The van der Waals surface area contributed by atoms with Crippen LogP contribution < -0.4 is 0 Å². The maximum absolute atomic E-state index is 12.8. The summed E-state index contributed by atoms with van der Waals surface area (Å²) in [5.41, 5.74) is 1.03. The number of amides is 1. The minimum Gasteiger partial charge on any atom is -0.461 e. The lowest BCUT2D eigenvalue weighted by atomic mass is 9.76. The molecule has 3 saturated heterocycles. The number of hydrogen-bond donors (Lipinski definition) is 0. The predicted molar refractivity (Wildman–Crippen MR) is 96.7 cm³/mol. The van der Waals surface area contributed by atoms with Crippen LogP contribution in [0.2, 0.25) is 0 Å². The van der Waals surface area contributed by atoms with E-state index in [-0.39, 0.29) is 23.4 Å². The minimum absolute atomic E-state index is 0.0171. The number of rotatable bonds is 3. The maximum Gasteiger partial charge on any atom is 0.312 e. The van der Waals surface area contributed by atoms with Crippen molar-refractivity contribution < 1.29 is 14.3 Å². The average Bonchev–Trinajstić information content (AvgIpc) is 3.24. The molecule has 1 atom stereocenters. The Kier molecular flexibility index (Phi) is 4.69. The van der Waals surface area contributed by atoms with Crippen LogP contribution in [0, 0.1) is 12.3 Å². The highest BCUT2D eigenvalue weighted by molar-refractivity contribution is 5.95. The normalized spacial score (nSPS) is 25.7. The fourth-order valence-electron chi connectivity index (χ4n) is 4.62. The number of ether oxygens (including phenoxy) is 1. The van der Waals surface area contributed by atoms with Gasteiger partial charge in [0, 0.05) is 37.9 Å². The van der Waals surface area contributed by atoms with E-state index in [2.05, 4.69) is 9.88 Å². The topological polar surface area (TPSA) is 62.7 Å². The van der Waals surface area contributed by atoms with Gasteiger partial charge >= 0.3 is 5.97 Å². The van der Waals surface area contributed by atoms with E-state index in [0.717, 1.165) is 31.7 Å². The van der Waals surface area contributed by atoms with Crippen molar-refractivity contribution in [3.8, 4) is 0 Å². The van der Waals surface area contributed by atoms with Crippen molar-refractivity contribution >= 4 is 11.9 Å². The van der Waals surface area contributed by atoms with E-state index in [1.54, 1.807) is 12.3 Å². The number of aromatic nitrogens is 1. The SMILES string of the molecule is Cc1ncccc1C(=O)N1CCC2(CC1)CC(CN1CCCC1)OC2=O. The highest BCUT2D eigenvalue weighted by Crippen LogP contribution is 2.43. The molecule has 140 valence electrons. The number of aryl methyl sites for hydroxylation is 1. The molecule has 0 radical (unpaired) electrons. The fourth-order valence-corrected chi connectivity index (χ4v) is 4.62. The molecule has 1 spiro atoms. The van der Waals surface area contributed by atoms with Crippen molar-refractivity contribution in [1.82, 2.24) is 14.8 Å². The van der Waals surface area contributed by atoms with E-state index in [1.807, 2.05) is 17.9 Å². The Hall–Kier alpha value is -1.95. The third-order valence-electron chi connectivity index (χ3n) is 6.23. The first-order valence-corrected chi connectivity index (χ1v) is 9.72. The van der Waals surface area contributed by atoms with E-state index in [4.69, 9.17) is 4.74 Å². The molecular weight excluding hydrogens is 330 g/mol. The lowest BCUT2D eigenvalue weighted by Gasteiger charge is -2.36. The summed E-state index contributed by atoms with van der Waals surface area (Å²) >= 11 is 0. The number of pyridine rings is 1. The Morgan fingerprint density at radius 1 is 1.27 bits per heavy atom. The van der Waals surface area contributed by atoms with E-state index >= 15 is 0 Å². The summed E-state index contributed by atoms with van der Waals surface area (Å²) < 4.78 is 5.72. The summed E-state index contributed by atoms with van der Waals surface area (Å²) in [7, 11) is 0. The standard InChI is InChI=1S/C20H27N3O3/c1-15-17(5-4-8-21-15)18(24)23-11-6-20(7-12-23)13-16(26-19(20)25)14-22-9-2-3-10-22/h4-5,8,16H,2-3,6-7,9-14H2,1H3. The van der Waals surface area contributed by atoms with Gasteiger partial charge in [0.25, 0.3) is 5.91 Å². The smallest absolute Gasteiger partial charge is 0.312 e. The number of nitrogens with zero attached hydrogens (tertiary/aromatic N) is 3. The van der Waals surface area contributed by atoms with Crippen LogP contribution >= 0.6 is 0 Å². The lowest BCUT2D eigenvalue weighted by Crippen LogP contribution is -2.45. The molecule has 4 rings (SSSR count). The largest absolute Gasteiger partial charge is 0.461 e. The quantitative estimate of drug-likeness (QED) is 0.775. The number of piperidine rings is 1. The molecule has 1 unspecified atom stereocenters. The van der Waals surface area contributed by atoms with Crippen molar-refractivity contribution in [3.63, 3.8) is 0 Å². The summed E-state index contributed by atoms with van der Waals surface area (Å²) in [6.45, 7) is 6.18. The molecule has 6 heteroatoms. The highest BCUT2D eigenvalue weighted by Gasteiger charge is 2.51. The van der Waals surface area contributed by atoms with Gasteiger partial charge in [-0.05, 0) is 57.8 Å². The van der Waals surface area contributed by atoms with Gasteiger partial charge in [-0.3, -0.25) is 19.5 Å². The van der Waals surface area contributed by atoms with Crippen molar-refractivity contribution in [2.45, 2.75) is 45.1 Å². The molecule has 0 N–H and O–H groups in total. The van der Waals surface area contributed by atoms with Gasteiger partial charge < -0.3 is 9.64 Å². The molecule has 1 amide bonds. The number of hydrogen-bond acceptors (Lipinski definition) is 5. The molecule has 3 aliphatic heterocycles. The Balaban J connectivity index is 1.37. The van der Waals surface area contributed by atoms with E-state index in [0.29, 0.717) is 31.5 Å². The van der Waals surface area contributed by atoms with Crippen LogP contribution in [-0.2, 0) is 9.53 Å². The van der Waals surface area contributed by atoms with Gasteiger partial charge in [0.15, 0.2) is 0 Å². The summed E-state index contributed by atoms with van der Waals surface area (Å²) in [5, 5.41) is 0. The molecule has 0 saturated carbocycles. The fraction of sp³-hybridized carbons (Fsp3) is 0.650. The van der Waals surface area contributed by atoms with E-state index < -0.39 is 0 Å². The van der Waals surface area contributed by atoms with Crippen molar-refractivity contribution in [2.75, 3.05) is 32.7 Å². The predicted octanol–water partition coefficient (Wildman–Crippen LogP) is 2.02. The Bertz CT molecular complexity index is 691. The van der Waals surface area contributed by atoms with Crippen molar-refractivity contribution in [1.29, 1.82) is 0 Å². The zero-order valence-corrected chi connectivity index (χ0v) is 15.4. The molecule has 6 nitrogen and oxygen atoms in total. The maximum atomic E-state index is 12.8. The zero-order valence-electron chi connectivity index (χ0n) is 15.4. The first kappa shape index (κ1) is 17.5. The summed E-state index contributed by atoms with van der Waals surface area (Å²) in [4.78, 5) is 33.8. The molecule has 4 heterocycles. The Morgan fingerprint density at radius 3 is 2.69 bits per heavy atom. The minimum atomic E-state index is -0.384. The number of esters is 1. The van der Waals surface area contributed by atoms with Gasteiger partial charge in [-0.2, -0.15) is 0 Å². The lowest BCUT2D eigenvalue weighted by molar-refractivity contribution is -0.150. The molecule has 26 heavy (non-hydrogen) atoms. The average molecular weight is 357 g/mol. The number of carbonyl (C=O) groups excluding carboxylic acids is 2. The third kappa shape index (κ3) is 3.22. The number of carbonyl (C=O) groups is 2. The molecule has 0 bridgehead atoms. The van der Waals surface area contributed by atoms with Gasteiger partial charge in [-0.1, -0.05) is 0 Å². The molecule has 1 aromatic heterocycles. The monoisotopic (exact) mass is 357 g/mol. The second-order valence-corrected chi connectivity index (χ2v) is 7.95. The van der Waals surface area contributed by atoms with Crippen LogP contribution in [-0.4, -0.2) is 65.5 Å². The van der Waals surface area contributed by atoms with Crippen LogP contribution in [0.1, 0.15) is 48.2 Å². The number of cyclic esters (lactones) is 1. The van der Waals surface area contributed by atoms with Crippen LogP contribution in [0.25, 0.3) is 0 Å². The van der Waals surface area contributed by atoms with Crippen molar-refractivity contribution in [3.05, 3.63) is 29.6 Å². The van der Waals surface area contributed by atoms with Gasteiger partial charge in [-0.25, -0.2) is 0 Å².